The molecule has 340 valence electrons. The molecule has 0 fully saturated rings. The van der Waals surface area contributed by atoms with Crippen molar-refractivity contribution in [2.75, 3.05) is 53.0 Å². The minimum Gasteiger partial charge on any atom is -0.492 e. The summed E-state index contributed by atoms with van der Waals surface area (Å²) in [5, 5.41) is 20.0. The summed E-state index contributed by atoms with van der Waals surface area (Å²) in [5.74, 6) is -2.60. The quantitative estimate of drug-likeness (QED) is 0.0602. The molecule has 1 heterocycles. The Bertz CT molecular complexity index is 2100. The Balaban J connectivity index is 1.76. The number of unbranched alkanes of at least 4 members (excludes halogenated alkanes) is 3. The van der Waals surface area contributed by atoms with Gasteiger partial charge in [0.1, 0.15) is 55.4 Å². The van der Waals surface area contributed by atoms with E-state index in [4.69, 9.17) is 48.3 Å². The maximum absolute atomic E-state index is 14.5. The van der Waals surface area contributed by atoms with Gasteiger partial charge in [0.05, 0.1) is 23.3 Å². The van der Waals surface area contributed by atoms with E-state index in [0.29, 0.717) is 47.0 Å². The molecule has 10 N–H and O–H groups in total. The van der Waals surface area contributed by atoms with Crippen LogP contribution in [-0.2, 0) is 36.9 Å². The number of amides is 5. The molecule has 4 rings (SSSR count). The molecule has 1 aliphatic heterocycles. The van der Waals surface area contributed by atoms with E-state index in [0.717, 1.165) is 31.2 Å². The third-order valence-electron chi connectivity index (χ3n) is 10.3. The summed E-state index contributed by atoms with van der Waals surface area (Å²) < 4.78 is 17.9. The Kier molecular flexibility index (Phi) is 20.1. The standard InChI is InChI=1S/C45H60ClN9O8/c1-4-5-6-7-20-61-27-30-8-11-32(35(46)24-30)42(57)53-36(14-15-47)45(60)55(3)40-31-10-13-39(63-22-18-50)34(26-31)33-23-29(9-12-38(33)62-21-17-49)25-37(43(58)51-19-16-48)54-41(56)28(2)52-44(40)59/h8-13,23-24,26,28,36-37,40H,4-7,14-15,17-22,25,27,47,49-50H2,1-3H3,(H,51,58)(H,52,59)(H,53,57)(H,54,56)/t28-,36-,37-,40-/m0/s1. The average molecular weight is 890 g/mol. The third-order valence-corrected chi connectivity index (χ3v) is 10.6. The van der Waals surface area contributed by atoms with Crippen molar-refractivity contribution in [1.29, 1.82) is 5.26 Å². The largest absolute Gasteiger partial charge is 0.492 e. The van der Waals surface area contributed by atoms with Crippen LogP contribution in [0.25, 0.3) is 11.1 Å². The number of nitrogens with zero attached hydrogens (tertiary/aromatic N) is 2. The first-order valence-electron chi connectivity index (χ1n) is 21.2. The molecule has 4 atom stereocenters. The van der Waals surface area contributed by atoms with E-state index in [-0.39, 0.29) is 62.8 Å². The molecule has 5 amide bonds. The number of fused-ring (bicyclic) bond motifs is 5. The number of nitrogens with one attached hydrogen (secondary N) is 4. The van der Waals surface area contributed by atoms with Crippen LogP contribution in [0, 0.1) is 11.3 Å². The highest BCUT2D eigenvalue weighted by atomic mass is 35.5. The fraction of sp³-hybridized carbons (Fsp3) is 0.467. The zero-order valence-electron chi connectivity index (χ0n) is 36.2. The predicted octanol–water partition coefficient (Wildman–Crippen LogP) is 2.61. The van der Waals surface area contributed by atoms with Crippen molar-refractivity contribution < 1.29 is 38.2 Å². The van der Waals surface area contributed by atoms with Gasteiger partial charge in [0.15, 0.2) is 0 Å². The lowest BCUT2D eigenvalue weighted by atomic mass is 9.93. The van der Waals surface area contributed by atoms with Crippen LogP contribution in [0.4, 0.5) is 0 Å². The van der Waals surface area contributed by atoms with Gasteiger partial charge < -0.3 is 57.6 Å². The molecule has 1 aliphatic rings. The van der Waals surface area contributed by atoms with Gasteiger partial charge in [-0.15, -0.1) is 0 Å². The second-order valence-corrected chi connectivity index (χ2v) is 15.5. The molecule has 4 bridgehead atoms. The van der Waals surface area contributed by atoms with Crippen LogP contribution in [0.1, 0.15) is 79.0 Å². The van der Waals surface area contributed by atoms with Crippen LogP contribution in [0.2, 0.25) is 5.02 Å². The van der Waals surface area contributed by atoms with Crippen LogP contribution < -0.4 is 47.9 Å². The normalized spacial score (nSPS) is 16.6. The predicted molar refractivity (Wildman–Crippen MR) is 239 cm³/mol. The molecule has 18 heteroatoms. The number of hydrogen-bond acceptors (Lipinski definition) is 12. The van der Waals surface area contributed by atoms with Crippen molar-refractivity contribution in [3.63, 3.8) is 0 Å². The van der Waals surface area contributed by atoms with Crippen molar-refractivity contribution >= 4 is 41.1 Å². The summed E-state index contributed by atoms with van der Waals surface area (Å²) in [5.41, 5.74) is 20.4. The van der Waals surface area contributed by atoms with E-state index in [1.807, 2.05) is 6.07 Å². The summed E-state index contributed by atoms with van der Waals surface area (Å²) in [7, 11) is 1.41. The Labute approximate surface area is 373 Å². The number of ether oxygens (including phenoxy) is 3. The Morgan fingerprint density at radius 2 is 1.60 bits per heavy atom. The highest BCUT2D eigenvalue weighted by molar-refractivity contribution is 6.34. The molecule has 0 unspecified atom stereocenters. The number of rotatable bonds is 21. The molecule has 0 saturated carbocycles. The first-order valence-corrected chi connectivity index (χ1v) is 21.6. The molecule has 3 aromatic carbocycles. The van der Waals surface area contributed by atoms with E-state index in [1.165, 1.54) is 18.9 Å². The molecule has 0 spiro atoms. The van der Waals surface area contributed by atoms with Gasteiger partial charge in [0.2, 0.25) is 23.6 Å². The van der Waals surface area contributed by atoms with Crippen molar-refractivity contribution in [3.8, 4) is 28.7 Å². The summed E-state index contributed by atoms with van der Waals surface area (Å²) in [6.45, 7) is 4.89. The van der Waals surface area contributed by atoms with E-state index in [2.05, 4.69) is 28.2 Å². The summed E-state index contributed by atoms with van der Waals surface area (Å²) in [4.78, 5) is 70.9. The van der Waals surface area contributed by atoms with Gasteiger partial charge in [0, 0.05) is 44.3 Å². The van der Waals surface area contributed by atoms with Gasteiger partial charge in [-0.05, 0) is 79.4 Å². The smallest absolute Gasteiger partial charge is 0.253 e. The van der Waals surface area contributed by atoms with Crippen molar-refractivity contribution in [2.24, 2.45) is 17.2 Å². The first-order chi connectivity index (χ1) is 30.4. The Morgan fingerprint density at radius 1 is 0.905 bits per heavy atom. The van der Waals surface area contributed by atoms with Gasteiger partial charge in [0.25, 0.3) is 5.91 Å². The zero-order chi connectivity index (χ0) is 45.9. The van der Waals surface area contributed by atoms with Crippen LogP contribution in [0.3, 0.4) is 0 Å². The summed E-state index contributed by atoms with van der Waals surface area (Å²) in [6.07, 6.45) is 4.31. The first kappa shape index (κ1) is 49.9. The summed E-state index contributed by atoms with van der Waals surface area (Å²) in [6, 6.07) is 12.0. The lowest BCUT2D eigenvalue weighted by molar-refractivity contribution is -0.141. The number of halogens is 1. The number of benzene rings is 3. The Hall–Kier alpha value is -5.77. The van der Waals surface area contributed by atoms with Gasteiger partial charge in [-0.1, -0.05) is 56.0 Å². The number of nitriles is 1. The van der Waals surface area contributed by atoms with Crippen LogP contribution in [-0.4, -0.2) is 106 Å². The maximum atomic E-state index is 14.5. The van der Waals surface area contributed by atoms with E-state index in [1.54, 1.807) is 54.6 Å². The van der Waals surface area contributed by atoms with Crippen LogP contribution >= 0.6 is 11.6 Å². The number of nitrogens with two attached hydrogens (primary N) is 3. The van der Waals surface area contributed by atoms with Gasteiger partial charge in [-0.25, -0.2) is 0 Å². The molecule has 0 aromatic heterocycles. The minimum atomic E-state index is -1.40. The molecular formula is C45H60ClN9O8. The van der Waals surface area contributed by atoms with Gasteiger partial charge in [-0.2, -0.15) is 5.26 Å². The SMILES string of the molecule is CCCCCCOCc1ccc(C(=O)N[C@@H](CCN)C(=O)N(C)[C@@H]2C(=O)N[C@@H](C)C(=O)N[C@H](C(=O)NCC#N)Cc3ccc(OCCN)c(c3)-c3cc2ccc3OCCN)c(Cl)c1. The number of likely N-dealkylation sites (N-methyl/N-ethyl adjacent to an activating group) is 1. The Morgan fingerprint density at radius 3 is 2.25 bits per heavy atom. The maximum Gasteiger partial charge on any atom is 0.253 e. The van der Waals surface area contributed by atoms with Crippen molar-refractivity contribution in [3.05, 3.63) is 81.9 Å². The molecular weight excluding hydrogens is 830 g/mol. The minimum absolute atomic E-state index is 0.00319. The molecule has 0 radical (unpaired) electrons. The molecule has 0 saturated heterocycles. The van der Waals surface area contributed by atoms with E-state index < -0.39 is 53.7 Å². The molecule has 0 aliphatic carbocycles. The average Bonchev–Trinajstić information content (AvgIpc) is 3.27. The van der Waals surface area contributed by atoms with Gasteiger partial charge in [-0.3, -0.25) is 24.0 Å². The van der Waals surface area contributed by atoms with E-state index >= 15 is 0 Å². The monoisotopic (exact) mass is 889 g/mol. The highest BCUT2D eigenvalue weighted by Crippen LogP contribution is 2.40. The fourth-order valence-electron chi connectivity index (χ4n) is 7.02. The second kappa shape index (κ2) is 25.4. The molecule has 63 heavy (non-hydrogen) atoms. The lowest BCUT2D eigenvalue weighted by Gasteiger charge is -2.32. The highest BCUT2D eigenvalue weighted by Gasteiger charge is 2.36. The number of carbonyl (C=O) groups excluding carboxylic acids is 5. The number of carbonyl (C=O) groups is 5. The lowest BCUT2D eigenvalue weighted by Crippen LogP contribution is -2.56. The van der Waals surface area contributed by atoms with Crippen molar-refractivity contribution in [2.45, 2.75) is 83.1 Å². The topological polar surface area (TPSA) is 266 Å². The fourth-order valence-corrected chi connectivity index (χ4v) is 7.31. The third kappa shape index (κ3) is 14.1. The van der Waals surface area contributed by atoms with Crippen LogP contribution in [0.5, 0.6) is 11.5 Å². The molecule has 3 aromatic rings. The van der Waals surface area contributed by atoms with Crippen molar-refractivity contribution in [1.82, 2.24) is 26.2 Å². The zero-order valence-corrected chi connectivity index (χ0v) is 36.9. The van der Waals surface area contributed by atoms with E-state index in [9.17, 15) is 24.0 Å². The number of hydrogen-bond donors (Lipinski definition) is 7. The summed E-state index contributed by atoms with van der Waals surface area (Å²) >= 11 is 6.59. The molecule has 17 nitrogen and oxygen atoms in total. The van der Waals surface area contributed by atoms with Gasteiger partial charge >= 0.3 is 0 Å². The second-order valence-electron chi connectivity index (χ2n) is 15.1. The van der Waals surface area contributed by atoms with Crippen LogP contribution in [0.15, 0.2) is 54.6 Å².